The van der Waals surface area contributed by atoms with Crippen LogP contribution in [0, 0.1) is 17.3 Å². The summed E-state index contributed by atoms with van der Waals surface area (Å²) in [6.45, 7) is 6.12. The summed E-state index contributed by atoms with van der Waals surface area (Å²) in [4.78, 5) is 11.9. The predicted molar refractivity (Wildman–Crippen MR) is 67.0 cm³/mol. The second-order valence-corrected chi connectivity index (χ2v) is 5.25. The van der Waals surface area contributed by atoms with E-state index < -0.39 is 0 Å². The molecule has 0 saturated heterocycles. The summed E-state index contributed by atoms with van der Waals surface area (Å²) in [5, 5.41) is 0. The number of benzene rings is 1. The fourth-order valence-electron chi connectivity index (χ4n) is 1.65. The first-order valence-electron chi connectivity index (χ1n) is 5.77. The minimum absolute atomic E-state index is 0.0661. The molecule has 0 unspecified atom stereocenters. The van der Waals surface area contributed by atoms with Crippen LogP contribution in [0.2, 0.25) is 0 Å². The molecular formula is C15H16O2. The first-order valence-corrected chi connectivity index (χ1v) is 5.77. The molecule has 1 aromatic carbocycles. The number of ether oxygens (including phenoxy) is 1. The molecule has 2 nitrogen and oxygen atoms in total. The van der Waals surface area contributed by atoms with Crippen LogP contribution in [0.1, 0.15) is 37.6 Å². The lowest BCUT2D eigenvalue weighted by atomic mass is 9.96. The molecule has 88 valence electrons. The molecule has 0 N–H and O–H groups in total. The van der Waals surface area contributed by atoms with Crippen LogP contribution in [0.15, 0.2) is 24.3 Å². The summed E-state index contributed by atoms with van der Waals surface area (Å²) in [6.07, 6.45) is 0.0386. The molecule has 0 fully saturated rings. The Morgan fingerprint density at radius 3 is 2.71 bits per heavy atom. The highest BCUT2D eigenvalue weighted by molar-refractivity contribution is 6.00. The van der Waals surface area contributed by atoms with Crippen LogP contribution < -0.4 is 4.74 Å². The highest BCUT2D eigenvalue weighted by Gasteiger charge is 2.24. The number of fused-ring (bicyclic) bond motifs is 1. The van der Waals surface area contributed by atoms with Crippen LogP contribution in [0.3, 0.4) is 0 Å². The Balaban J connectivity index is 2.22. The summed E-state index contributed by atoms with van der Waals surface area (Å²) in [5.74, 6) is 6.92. The first kappa shape index (κ1) is 11.7. The van der Waals surface area contributed by atoms with Gasteiger partial charge in [0.25, 0.3) is 0 Å². The van der Waals surface area contributed by atoms with E-state index in [-0.39, 0.29) is 17.3 Å². The summed E-state index contributed by atoms with van der Waals surface area (Å²) in [5.41, 5.74) is 0.602. The number of carbonyl (C=O) groups excluding carboxylic acids is 1. The van der Waals surface area contributed by atoms with Gasteiger partial charge in [-0.05, 0) is 32.9 Å². The fourth-order valence-corrected chi connectivity index (χ4v) is 1.65. The van der Waals surface area contributed by atoms with E-state index in [9.17, 15) is 4.79 Å². The molecule has 0 bridgehead atoms. The van der Waals surface area contributed by atoms with E-state index >= 15 is 0 Å². The van der Waals surface area contributed by atoms with Crippen molar-refractivity contribution in [3.8, 4) is 17.6 Å². The lowest BCUT2D eigenvalue weighted by Gasteiger charge is -2.21. The van der Waals surface area contributed by atoms with Crippen molar-refractivity contribution in [1.29, 1.82) is 0 Å². The molecule has 1 aliphatic heterocycles. The van der Waals surface area contributed by atoms with Crippen LogP contribution in [0.25, 0.3) is 0 Å². The van der Waals surface area contributed by atoms with Crippen LogP contribution in [-0.2, 0) is 0 Å². The molecule has 1 aliphatic rings. The topological polar surface area (TPSA) is 26.3 Å². The minimum atomic E-state index is -0.309. The molecule has 0 aromatic heterocycles. The summed E-state index contributed by atoms with van der Waals surface area (Å²) in [6, 6.07) is 7.33. The van der Waals surface area contributed by atoms with Crippen molar-refractivity contribution >= 4 is 5.78 Å². The number of Topliss-reactive ketones (excluding diaryl/α,β-unsaturated/α-hetero) is 1. The Kier molecular flexibility index (Phi) is 2.93. The number of ketones is 1. The van der Waals surface area contributed by atoms with Gasteiger partial charge < -0.3 is 4.74 Å². The maximum atomic E-state index is 11.9. The molecule has 1 aromatic rings. The SMILES string of the molecule is CC(C)(C)C#C[C@H]1CC(=O)c2ccccc2O1. The van der Waals surface area contributed by atoms with E-state index in [0.29, 0.717) is 17.7 Å². The van der Waals surface area contributed by atoms with Crippen molar-refractivity contribution in [3.05, 3.63) is 29.8 Å². The molecule has 2 rings (SSSR count). The summed E-state index contributed by atoms with van der Waals surface area (Å²) in [7, 11) is 0. The van der Waals surface area contributed by atoms with E-state index in [1.54, 1.807) is 6.07 Å². The fraction of sp³-hybridized carbons (Fsp3) is 0.400. The Hall–Kier alpha value is -1.75. The van der Waals surface area contributed by atoms with Gasteiger partial charge in [0, 0.05) is 5.41 Å². The third kappa shape index (κ3) is 2.88. The van der Waals surface area contributed by atoms with Crippen LogP contribution >= 0.6 is 0 Å². The van der Waals surface area contributed by atoms with Crippen LogP contribution in [0.5, 0.6) is 5.75 Å². The van der Waals surface area contributed by atoms with E-state index in [1.165, 1.54) is 0 Å². The van der Waals surface area contributed by atoms with Crippen molar-refractivity contribution in [3.63, 3.8) is 0 Å². The molecule has 1 atom stereocenters. The number of para-hydroxylation sites is 1. The highest BCUT2D eigenvalue weighted by Crippen LogP contribution is 2.27. The highest BCUT2D eigenvalue weighted by atomic mass is 16.5. The molecule has 0 amide bonds. The molecule has 0 radical (unpaired) electrons. The zero-order chi connectivity index (χ0) is 12.5. The molecule has 0 saturated carbocycles. The van der Waals surface area contributed by atoms with Gasteiger partial charge in [-0.3, -0.25) is 4.79 Å². The quantitative estimate of drug-likeness (QED) is 0.638. The van der Waals surface area contributed by atoms with Crippen LogP contribution in [0.4, 0.5) is 0 Å². The average Bonchev–Trinajstić information content (AvgIpc) is 2.26. The lowest BCUT2D eigenvalue weighted by molar-refractivity contribution is 0.0899. The largest absolute Gasteiger partial charge is 0.477 e. The monoisotopic (exact) mass is 228 g/mol. The van der Waals surface area contributed by atoms with Gasteiger partial charge in [0.05, 0.1) is 12.0 Å². The maximum Gasteiger partial charge on any atom is 0.171 e. The number of hydrogen-bond donors (Lipinski definition) is 0. The van der Waals surface area contributed by atoms with Gasteiger partial charge in [0.2, 0.25) is 0 Å². The van der Waals surface area contributed by atoms with E-state index in [2.05, 4.69) is 11.8 Å². The lowest BCUT2D eigenvalue weighted by Crippen LogP contribution is -2.25. The van der Waals surface area contributed by atoms with Gasteiger partial charge in [0.15, 0.2) is 11.9 Å². The zero-order valence-electron chi connectivity index (χ0n) is 10.4. The van der Waals surface area contributed by atoms with Gasteiger partial charge in [-0.25, -0.2) is 0 Å². The Morgan fingerprint density at radius 1 is 1.29 bits per heavy atom. The molecule has 17 heavy (non-hydrogen) atoms. The van der Waals surface area contributed by atoms with Gasteiger partial charge in [-0.1, -0.05) is 24.0 Å². The van der Waals surface area contributed by atoms with Crippen molar-refractivity contribution < 1.29 is 9.53 Å². The minimum Gasteiger partial charge on any atom is -0.477 e. The molecule has 2 heteroatoms. The normalized spacial score (nSPS) is 18.8. The maximum absolute atomic E-state index is 11.9. The standard InChI is InChI=1S/C15H16O2/c1-15(2,3)9-8-11-10-13(16)12-6-4-5-7-14(12)17-11/h4-7,11H,10H2,1-3H3/t11-/m0/s1. The van der Waals surface area contributed by atoms with E-state index in [4.69, 9.17) is 4.74 Å². The third-order valence-corrected chi connectivity index (χ3v) is 2.44. The van der Waals surface area contributed by atoms with Gasteiger partial charge >= 0.3 is 0 Å². The zero-order valence-corrected chi connectivity index (χ0v) is 10.4. The second kappa shape index (κ2) is 4.25. The second-order valence-electron chi connectivity index (χ2n) is 5.25. The molecule has 0 aliphatic carbocycles. The van der Waals surface area contributed by atoms with Gasteiger partial charge in [0.1, 0.15) is 5.75 Å². The summed E-state index contributed by atoms with van der Waals surface area (Å²) >= 11 is 0. The number of rotatable bonds is 0. The van der Waals surface area contributed by atoms with Crippen molar-refractivity contribution in [2.24, 2.45) is 5.41 Å². The molecule has 0 spiro atoms. The van der Waals surface area contributed by atoms with Crippen molar-refractivity contribution in [2.45, 2.75) is 33.3 Å². The Bertz CT molecular complexity index is 498. The smallest absolute Gasteiger partial charge is 0.171 e. The van der Waals surface area contributed by atoms with E-state index in [0.717, 1.165) is 0 Å². The first-order chi connectivity index (χ1) is 7.96. The van der Waals surface area contributed by atoms with Crippen molar-refractivity contribution in [2.75, 3.05) is 0 Å². The number of carbonyl (C=O) groups is 1. The van der Waals surface area contributed by atoms with Gasteiger partial charge in [-0.2, -0.15) is 0 Å². The van der Waals surface area contributed by atoms with Crippen molar-refractivity contribution in [1.82, 2.24) is 0 Å². The molecule has 1 heterocycles. The van der Waals surface area contributed by atoms with E-state index in [1.807, 2.05) is 39.0 Å². The predicted octanol–water partition coefficient (Wildman–Crippen LogP) is 3.07. The number of hydrogen-bond acceptors (Lipinski definition) is 2. The Labute approximate surface area is 102 Å². The summed E-state index contributed by atoms with van der Waals surface area (Å²) < 4.78 is 5.70. The third-order valence-electron chi connectivity index (χ3n) is 2.44. The Morgan fingerprint density at radius 2 is 2.00 bits per heavy atom. The van der Waals surface area contributed by atoms with Crippen LogP contribution in [-0.4, -0.2) is 11.9 Å². The molecular weight excluding hydrogens is 212 g/mol. The van der Waals surface area contributed by atoms with Gasteiger partial charge in [-0.15, -0.1) is 0 Å². The average molecular weight is 228 g/mol.